The second-order valence-corrected chi connectivity index (χ2v) is 9.87. The number of benzene rings is 1. The number of likely N-dealkylation sites (tertiary alicyclic amines) is 1. The van der Waals surface area contributed by atoms with E-state index in [1.807, 2.05) is 24.3 Å². The number of methoxy groups -OCH3 is 1. The highest BCUT2D eigenvalue weighted by atomic mass is 16.5. The maximum Gasteiger partial charge on any atom is 0.258 e. The number of nitrogens with one attached hydrogen (secondary N) is 1. The van der Waals surface area contributed by atoms with E-state index in [-0.39, 0.29) is 11.9 Å². The maximum atomic E-state index is 13.9. The van der Waals surface area contributed by atoms with Gasteiger partial charge in [0.15, 0.2) is 0 Å². The topological polar surface area (TPSA) is 61.5 Å². The SMILES string of the molecule is COc1ccccc1-c1[nH]ncc1C(=O)N1CCCC2=C[C@H]3C[C@@H](CN4CCCC[C@H]34)[C@H]21. The number of carbonyl (C=O) groups excluding carboxylic acids is 1. The summed E-state index contributed by atoms with van der Waals surface area (Å²) in [4.78, 5) is 18.8. The third-order valence-corrected chi connectivity index (χ3v) is 8.16. The molecule has 168 valence electrons. The Labute approximate surface area is 189 Å². The summed E-state index contributed by atoms with van der Waals surface area (Å²) in [6.45, 7) is 3.18. The van der Waals surface area contributed by atoms with Crippen molar-refractivity contribution in [3.05, 3.63) is 47.7 Å². The summed E-state index contributed by atoms with van der Waals surface area (Å²) in [5.41, 5.74) is 3.78. The van der Waals surface area contributed by atoms with E-state index in [0.29, 0.717) is 17.4 Å². The van der Waals surface area contributed by atoms with Crippen LogP contribution in [0.5, 0.6) is 5.75 Å². The third kappa shape index (κ3) is 3.19. The molecule has 6 heteroatoms. The fraction of sp³-hybridized carbons (Fsp3) is 0.538. The number of ether oxygens (including phenoxy) is 1. The second-order valence-electron chi connectivity index (χ2n) is 9.87. The van der Waals surface area contributed by atoms with Gasteiger partial charge >= 0.3 is 0 Å². The van der Waals surface area contributed by atoms with E-state index in [1.165, 1.54) is 37.8 Å². The molecule has 3 saturated heterocycles. The van der Waals surface area contributed by atoms with Gasteiger partial charge in [0, 0.05) is 24.7 Å². The summed E-state index contributed by atoms with van der Waals surface area (Å²) < 4.78 is 5.55. The number of nitrogens with zero attached hydrogens (tertiary/aromatic N) is 3. The van der Waals surface area contributed by atoms with Crippen molar-refractivity contribution in [1.82, 2.24) is 20.0 Å². The molecule has 0 radical (unpaired) electrons. The number of aromatic amines is 1. The van der Waals surface area contributed by atoms with Gasteiger partial charge in [-0.2, -0.15) is 5.10 Å². The molecule has 4 atom stereocenters. The minimum atomic E-state index is 0.0921. The first-order valence-corrected chi connectivity index (χ1v) is 12.2. The number of H-pyrrole nitrogens is 1. The van der Waals surface area contributed by atoms with Crippen molar-refractivity contribution in [2.75, 3.05) is 26.7 Å². The molecule has 3 aliphatic heterocycles. The molecular formula is C26H32N4O2. The van der Waals surface area contributed by atoms with Crippen LogP contribution in [-0.4, -0.2) is 64.7 Å². The number of amides is 1. The molecular weight excluding hydrogens is 400 g/mol. The minimum absolute atomic E-state index is 0.0921. The van der Waals surface area contributed by atoms with Gasteiger partial charge in [0.2, 0.25) is 0 Å². The van der Waals surface area contributed by atoms with Crippen LogP contribution in [0.4, 0.5) is 0 Å². The Hall–Kier alpha value is -2.60. The normalized spacial score (nSPS) is 29.7. The maximum absolute atomic E-state index is 13.9. The summed E-state index contributed by atoms with van der Waals surface area (Å²) in [5, 5.41) is 7.33. The van der Waals surface area contributed by atoms with Crippen LogP contribution < -0.4 is 4.74 Å². The molecule has 1 aliphatic carbocycles. The van der Waals surface area contributed by atoms with E-state index in [4.69, 9.17) is 4.74 Å². The molecule has 1 amide bonds. The van der Waals surface area contributed by atoms with Crippen LogP contribution >= 0.6 is 0 Å². The van der Waals surface area contributed by atoms with Gasteiger partial charge in [-0.25, -0.2) is 0 Å². The Morgan fingerprint density at radius 2 is 2.09 bits per heavy atom. The van der Waals surface area contributed by atoms with Crippen molar-refractivity contribution in [2.45, 2.75) is 50.6 Å². The average molecular weight is 433 g/mol. The van der Waals surface area contributed by atoms with Crippen molar-refractivity contribution >= 4 is 5.91 Å². The number of carbonyl (C=O) groups is 1. The van der Waals surface area contributed by atoms with Gasteiger partial charge in [-0.3, -0.25) is 14.8 Å². The van der Waals surface area contributed by atoms with E-state index in [2.05, 4.69) is 26.1 Å². The second kappa shape index (κ2) is 8.07. The predicted molar refractivity (Wildman–Crippen MR) is 124 cm³/mol. The zero-order chi connectivity index (χ0) is 21.7. The Morgan fingerprint density at radius 3 is 3.00 bits per heavy atom. The molecule has 32 heavy (non-hydrogen) atoms. The first-order chi connectivity index (χ1) is 15.7. The van der Waals surface area contributed by atoms with E-state index in [1.54, 1.807) is 13.3 Å². The molecule has 4 aliphatic rings. The van der Waals surface area contributed by atoms with Gasteiger partial charge in [-0.1, -0.05) is 30.2 Å². The predicted octanol–water partition coefficient (Wildman–Crippen LogP) is 4.12. The molecule has 0 spiro atoms. The number of fused-ring (bicyclic) bond motifs is 6. The van der Waals surface area contributed by atoms with Crippen LogP contribution in [-0.2, 0) is 0 Å². The summed E-state index contributed by atoms with van der Waals surface area (Å²) in [7, 11) is 1.66. The third-order valence-electron chi connectivity index (χ3n) is 8.16. The van der Waals surface area contributed by atoms with Crippen LogP contribution in [0.25, 0.3) is 11.3 Å². The Kier molecular flexibility index (Phi) is 5.05. The van der Waals surface area contributed by atoms with E-state index < -0.39 is 0 Å². The molecule has 6 nitrogen and oxygen atoms in total. The van der Waals surface area contributed by atoms with Crippen LogP contribution in [0.2, 0.25) is 0 Å². The van der Waals surface area contributed by atoms with Gasteiger partial charge in [0.25, 0.3) is 5.91 Å². The highest BCUT2D eigenvalue weighted by Crippen LogP contribution is 2.45. The molecule has 6 rings (SSSR count). The number of piperidine rings is 3. The van der Waals surface area contributed by atoms with Crippen LogP contribution in [0.15, 0.2) is 42.1 Å². The van der Waals surface area contributed by atoms with Gasteiger partial charge in [-0.05, 0) is 62.6 Å². The molecule has 1 aromatic heterocycles. The molecule has 0 unspecified atom stereocenters. The zero-order valence-corrected chi connectivity index (χ0v) is 18.8. The molecule has 2 bridgehead atoms. The van der Waals surface area contributed by atoms with E-state index >= 15 is 0 Å². The lowest BCUT2D eigenvalue weighted by atomic mass is 9.68. The summed E-state index contributed by atoms with van der Waals surface area (Å²) >= 11 is 0. The van der Waals surface area contributed by atoms with Crippen LogP contribution in [0.1, 0.15) is 48.9 Å². The quantitative estimate of drug-likeness (QED) is 0.741. The smallest absolute Gasteiger partial charge is 0.258 e. The van der Waals surface area contributed by atoms with Crippen molar-refractivity contribution < 1.29 is 9.53 Å². The van der Waals surface area contributed by atoms with Crippen molar-refractivity contribution in [3.8, 4) is 17.0 Å². The average Bonchev–Trinajstić information content (AvgIpc) is 3.33. The number of para-hydroxylation sites is 1. The highest BCUT2D eigenvalue weighted by Gasteiger charge is 2.47. The molecule has 3 fully saturated rings. The van der Waals surface area contributed by atoms with Gasteiger partial charge in [0.1, 0.15) is 5.75 Å². The number of hydrogen-bond acceptors (Lipinski definition) is 4. The fourth-order valence-corrected chi connectivity index (χ4v) is 6.86. The molecule has 1 aromatic carbocycles. The number of aromatic nitrogens is 2. The molecule has 2 aromatic rings. The summed E-state index contributed by atoms with van der Waals surface area (Å²) in [5.74, 6) is 2.05. The van der Waals surface area contributed by atoms with Gasteiger partial charge < -0.3 is 9.64 Å². The monoisotopic (exact) mass is 432 g/mol. The lowest BCUT2D eigenvalue weighted by molar-refractivity contribution is 0.00150. The molecule has 0 saturated carbocycles. The summed E-state index contributed by atoms with van der Waals surface area (Å²) in [6.07, 6.45) is 11.7. The number of rotatable bonds is 3. The van der Waals surface area contributed by atoms with Gasteiger partial charge in [0.05, 0.1) is 30.6 Å². The first kappa shape index (κ1) is 20.0. The zero-order valence-electron chi connectivity index (χ0n) is 18.8. The van der Waals surface area contributed by atoms with Gasteiger partial charge in [-0.15, -0.1) is 0 Å². The van der Waals surface area contributed by atoms with Crippen LogP contribution in [0, 0.1) is 11.8 Å². The van der Waals surface area contributed by atoms with Crippen molar-refractivity contribution in [3.63, 3.8) is 0 Å². The lowest BCUT2D eigenvalue weighted by Crippen LogP contribution is -2.60. The molecule has 4 heterocycles. The first-order valence-electron chi connectivity index (χ1n) is 12.2. The van der Waals surface area contributed by atoms with Crippen molar-refractivity contribution in [2.24, 2.45) is 11.8 Å². The summed E-state index contributed by atoms with van der Waals surface area (Å²) in [6, 6.07) is 8.77. The lowest BCUT2D eigenvalue weighted by Gasteiger charge is -2.54. The molecule has 1 N–H and O–H groups in total. The van der Waals surface area contributed by atoms with Crippen molar-refractivity contribution in [1.29, 1.82) is 0 Å². The van der Waals surface area contributed by atoms with E-state index in [0.717, 1.165) is 49.0 Å². The number of hydrogen-bond donors (Lipinski definition) is 1. The largest absolute Gasteiger partial charge is 0.496 e. The fourth-order valence-electron chi connectivity index (χ4n) is 6.86. The standard InChI is InChI=1S/C26H32N4O2/c1-32-23-10-3-2-8-20(23)24-21(15-27-28-24)26(31)30-12-6-7-17-13-18-14-19(25(17)30)16-29-11-5-4-9-22(18)29/h2-3,8,10,13,15,18-19,22,25H,4-7,9,11-12,14,16H2,1H3,(H,27,28)/t18-,19-,22+,25-/m0/s1. The Bertz CT molecular complexity index is 1040. The Morgan fingerprint density at radius 1 is 1.19 bits per heavy atom. The highest BCUT2D eigenvalue weighted by molar-refractivity contribution is 6.00. The minimum Gasteiger partial charge on any atom is -0.496 e. The van der Waals surface area contributed by atoms with Crippen LogP contribution in [0.3, 0.4) is 0 Å². The Balaban J connectivity index is 1.34. The van der Waals surface area contributed by atoms with E-state index in [9.17, 15) is 4.79 Å².